The number of hydrogen-bond acceptors (Lipinski definition) is 4. The summed E-state index contributed by atoms with van der Waals surface area (Å²) in [6.45, 7) is 3.98. The predicted octanol–water partition coefficient (Wildman–Crippen LogP) is 2.14. The lowest BCUT2D eigenvalue weighted by atomic mass is 10.00. The van der Waals surface area contributed by atoms with E-state index >= 15 is 0 Å². The van der Waals surface area contributed by atoms with Gasteiger partial charge in [0, 0.05) is 17.8 Å². The van der Waals surface area contributed by atoms with E-state index in [1.807, 2.05) is 0 Å². The van der Waals surface area contributed by atoms with Crippen LogP contribution in [0.25, 0.3) is 0 Å². The molecular weight excluding hydrogens is 224 g/mol. The fraction of sp³-hybridized carbons (Fsp3) is 0.714. The zero-order valence-electron chi connectivity index (χ0n) is 11.3. The average molecular weight is 248 g/mol. The third-order valence-electron chi connectivity index (χ3n) is 3.70. The molecule has 1 aromatic heterocycles. The molecule has 0 bridgehead atoms. The van der Waals surface area contributed by atoms with Crippen LogP contribution >= 0.6 is 0 Å². The molecular formula is C14H24N4. The van der Waals surface area contributed by atoms with Crippen LogP contribution in [0.2, 0.25) is 0 Å². The maximum Gasteiger partial charge on any atom is 0.132 e. The van der Waals surface area contributed by atoms with Crippen molar-refractivity contribution in [2.75, 3.05) is 18.4 Å². The van der Waals surface area contributed by atoms with Gasteiger partial charge < -0.3 is 11.1 Å². The Balaban J connectivity index is 1.95. The molecule has 1 unspecified atom stereocenters. The molecule has 100 valence electrons. The van der Waals surface area contributed by atoms with Crippen molar-refractivity contribution in [2.45, 2.75) is 45.4 Å². The van der Waals surface area contributed by atoms with Crippen molar-refractivity contribution < 1.29 is 0 Å². The van der Waals surface area contributed by atoms with Crippen LogP contribution in [0.3, 0.4) is 0 Å². The van der Waals surface area contributed by atoms with E-state index in [0.717, 1.165) is 38.2 Å². The van der Waals surface area contributed by atoms with Crippen molar-refractivity contribution in [3.8, 4) is 0 Å². The monoisotopic (exact) mass is 248 g/mol. The molecule has 1 atom stereocenters. The van der Waals surface area contributed by atoms with Gasteiger partial charge in [0.15, 0.2) is 0 Å². The standard InChI is InChI=1S/C14H24N4/c1-2-4-11(7-8-15)9-16-14-12-5-3-6-13(12)17-10-18-14/h10-11H,2-9,15H2,1H3,(H,16,17,18). The van der Waals surface area contributed by atoms with Gasteiger partial charge >= 0.3 is 0 Å². The molecule has 0 saturated carbocycles. The molecule has 4 nitrogen and oxygen atoms in total. The molecule has 1 aromatic rings. The second kappa shape index (κ2) is 6.69. The topological polar surface area (TPSA) is 63.8 Å². The van der Waals surface area contributed by atoms with Crippen LogP contribution in [0, 0.1) is 5.92 Å². The smallest absolute Gasteiger partial charge is 0.132 e. The summed E-state index contributed by atoms with van der Waals surface area (Å²) in [5.41, 5.74) is 8.23. The van der Waals surface area contributed by atoms with Crippen LogP contribution in [-0.2, 0) is 12.8 Å². The Labute approximate surface area is 109 Å². The maximum absolute atomic E-state index is 5.67. The zero-order valence-corrected chi connectivity index (χ0v) is 11.3. The van der Waals surface area contributed by atoms with Gasteiger partial charge in [0.2, 0.25) is 0 Å². The van der Waals surface area contributed by atoms with Crippen LogP contribution in [-0.4, -0.2) is 23.1 Å². The molecule has 0 saturated heterocycles. The predicted molar refractivity (Wildman–Crippen MR) is 74.6 cm³/mol. The Hall–Kier alpha value is -1.16. The summed E-state index contributed by atoms with van der Waals surface area (Å²) in [5.74, 6) is 1.71. The number of hydrogen-bond donors (Lipinski definition) is 2. The second-order valence-electron chi connectivity index (χ2n) is 5.11. The van der Waals surface area contributed by atoms with Gasteiger partial charge in [0.1, 0.15) is 12.1 Å². The van der Waals surface area contributed by atoms with Crippen molar-refractivity contribution in [3.05, 3.63) is 17.6 Å². The maximum atomic E-state index is 5.67. The van der Waals surface area contributed by atoms with E-state index in [1.54, 1.807) is 6.33 Å². The highest BCUT2D eigenvalue weighted by Gasteiger charge is 2.17. The van der Waals surface area contributed by atoms with Crippen molar-refractivity contribution >= 4 is 5.82 Å². The van der Waals surface area contributed by atoms with E-state index in [2.05, 4.69) is 22.2 Å². The number of aromatic nitrogens is 2. The van der Waals surface area contributed by atoms with Gasteiger partial charge in [-0.05, 0) is 44.6 Å². The van der Waals surface area contributed by atoms with E-state index in [0.29, 0.717) is 5.92 Å². The van der Waals surface area contributed by atoms with Gasteiger partial charge in [0.05, 0.1) is 0 Å². The number of aryl methyl sites for hydroxylation is 1. The van der Waals surface area contributed by atoms with E-state index in [-0.39, 0.29) is 0 Å². The lowest BCUT2D eigenvalue weighted by Crippen LogP contribution is -2.19. The number of nitrogens with two attached hydrogens (primary N) is 1. The highest BCUT2D eigenvalue weighted by Crippen LogP contribution is 2.25. The Kier molecular flexibility index (Phi) is 4.93. The van der Waals surface area contributed by atoms with E-state index in [1.165, 1.54) is 30.5 Å². The van der Waals surface area contributed by atoms with Crippen molar-refractivity contribution in [1.82, 2.24) is 9.97 Å². The zero-order chi connectivity index (χ0) is 12.8. The van der Waals surface area contributed by atoms with E-state index in [9.17, 15) is 0 Å². The molecule has 0 aliphatic heterocycles. The Bertz CT molecular complexity index is 372. The van der Waals surface area contributed by atoms with Crippen LogP contribution in [0.15, 0.2) is 6.33 Å². The number of rotatable bonds is 7. The van der Waals surface area contributed by atoms with Gasteiger partial charge in [-0.15, -0.1) is 0 Å². The minimum Gasteiger partial charge on any atom is -0.369 e. The molecule has 3 N–H and O–H groups in total. The largest absolute Gasteiger partial charge is 0.369 e. The van der Waals surface area contributed by atoms with Crippen molar-refractivity contribution in [1.29, 1.82) is 0 Å². The molecule has 2 rings (SSSR count). The van der Waals surface area contributed by atoms with Crippen molar-refractivity contribution in [2.24, 2.45) is 11.7 Å². The molecule has 0 amide bonds. The van der Waals surface area contributed by atoms with Gasteiger partial charge in [-0.1, -0.05) is 13.3 Å². The quantitative estimate of drug-likeness (QED) is 0.776. The third-order valence-corrected chi connectivity index (χ3v) is 3.70. The highest BCUT2D eigenvalue weighted by molar-refractivity contribution is 5.47. The van der Waals surface area contributed by atoms with Crippen molar-refractivity contribution in [3.63, 3.8) is 0 Å². The number of anilines is 1. The summed E-state index contributed by atoms with van der Waals surface area (Å²) >= 11 is 0. The summed E-state index contributed by atoms with van der Waals surface area (Å²) in [6, 6.07) is 0. The number of nitrogens with one attached hydrogen (secondary N) is 1. The minimum atomic E-state index is 0.659. The van der Waals surface area contributed by atoms with Gasteiger partial charge in [0.25, 0.3) is 0 Å². The lowest BCUT2D eigenvalue weighted by Gasteiger charge is -2.17. The molecule has 4 heteroatoms. The second-order valence-corrected chi connectivity index (χ2v) is 5.11. The number of nitrogens with zero attached hydrogens (tertiary/aromatic N) is 2. The molecule has 0 fully saturated rings. The lowest BCUT2D eigenvalue weighted by molar-refractivity contribution is 0.472. The molecule has 0 spiro atoms. The minimum absolute atomic E-state index is 0.659. The first kappa shape index (κ1) is 13.3. The SMILES string of the molecule is CCCC(CCN)CNc1ncnc2c1CCC2. The molecule has 1 heterocycles. The molecule has 0 radical (unpaired) electrons. The summed E-state index contributed by atoms with van der Waals surface area (Å²) in [4.78, 5) is 8.74. The Morgan fingerprint density at radius 3 is 3.00 bits per heavy atom. The summed E-state index contributed by atoms with van der Waals surface area (Å²) in [5, 5.41) is 3.51. The first-order chi connectivity index (χ1) is 8.85. The van der Waals surface area contributed by atoms with Crippen LogP contribution in [0.5, 0.6) is 0 Å². The summed E-state index contributed by atoms with van der Waals surface area (Å²) in [7, 11) is 0. The first-order valence-corrected chi connectivity index (χ1v) is 7.11. The highest BCUT2D eigenvalue weighted by atomic mass is 15.0. The molecule has 18 heavy (non-hydrogen) atoms. The summed E-state index contributed by atoms with van der Waals surface area (Å²) < 4.78 is 0. The molecule has 1 aliphatic carbocycles. The van der Waals surface area contributed by atoms with E-state index in [4.69, 9.17) is 5.73 Å². The van der Waals surface area contributed by atoms with Crippen LogP contribution in [0.1, 0.15) is 43.9 Å². The van der Waals surface area contributed by atoms with Gasteiger partial charge in [-0.2, -0.15) is 0 Å². The fourth-order valence-electron chi connectivity index (χ4n) is 2.75. The normalized spacial score (nSPS) is 15.4. The molecule has 0 aromatic carbocycles. The van der Waals surface area contributed by atoms with Crippen LogP contribution in [0.4, 0.5) is 5.82 Å². The number of fused-ring (bicyclic) bond motifs is 1. The Morgan fingerprint density at radius 2 is 2.22 bits per heavy atom. The third kappa shape index (κ3) is 3.19. The van der Waals surface area contributed by atoms with Gasteiger partial charge in [-0.25, -0.2) is 9.97 Å². The first-order valence-electron chi connectivity index (χ1n) is 7.11. The molecule has 1 aliphatic rings. The Morgan fingerprint density at radius 1 is 1.33 bits per heavy atom. The van der Waals surface area contributed by atoms with Crippen LogP contribution < -0.4 is 11.1 Å². The fourth-order valence-corrected chi connectivity index (χ4v) is 2.75. The van der Waals surface area contributed by atoms with E-state index < -0.39 is 0 Å². The summed E-state index contributed by atoms with van der Waals surface area (Å²) in [6.07, 6.45) is 8.66. The average Bonchev–Trinajstić information content (AvgIpc) is 2.85. The van der Waals surface area contributed by atoms with Gasteiger partial charge in [-0.3, -0.25) is 0 Å².